The van der Waals surface area contributed by atoms with Crippen LogP contribution in [0.5, 0.6) is 5.75 Å². The van der Waals surface area contributed by atoms with Crippen LogP contribution in [0.25, 0.3) is 11.0 Å². The van der Waals surface area contributed by atoms with E-state index in [1.807, 2.05) is 18.3 Å². The topological polar surface area (TPSA) is 81.9 Å². The van der Waals surface area contributed by atoms with E-state index in [1.54, 1.807) is 26.1 Å². The van der Waals surface area contributed by atoms with Crippen molar-refractivity contribution in [2.75, 3.05) is 6.61 Å². The summed E-state index contributed by atoms with van der Waals surface area (Å²) in [6, 6.07) is 3.86. The average molecular weight is 271 g/mol. The standard InChI is InChI=1S/C15H17N3O2/c1-15(2,19)10-20-12-7-13-11(5-3-4-6-16)8-17-14(13)18-9-12/h3-4,7-9,19H,5,10H2,1-2H3,(H,17,18)/b4-3-. The normalized spacial score (nSPS) is 11.9. The van der Waals surface area contributed by atoms with E-state index in [0.29, 0.717) is 12.2 Å². The number of H-pyrrole nitrogens is 1. The summed E-state index contributed by atoms with van der Waals surface area (Å²) in [7, 11) is 0. The van der Waals surface area contributed by atoms with Gasteiger partial charge in [-0.1, -0.05) is 6.08 Å². The number of aliphatic hydroxyl groups is 1. The quantitative estimate of drug-likeness (QED) is 0.818. The highest BCUT2D eigenvalue weighted by molar-refractivity contribution is 5.81. The maximum atomic E-state index is 9.66. The molecule has 2 aromatic heterocycles. The molecule has 0 unspecified atom stereocenters. The number of rotatable bonds is 5. The largest absolute Gasteiger partial charge is 0.489 e. The number of hydrogen-bond donors (Lipinski definition) is 2. The summed E-state index contributed by atoms with van der Waals surface area (Å²) in [5, 5.41) is 19.1. The van der Waals surface area contributed by atoms with Crippen LogP contribution in [0, 0.1) is 11.3 Å². The van der Waals surface area contributed by atoms with Gasteiger partial charge in [0.1, 0.15) is 18.0 Å². The van der Waals surface area contributed by atoms with Crippen molar-refractivity contribution >= 4 is 11.0 Å². The van der Waals surface area contributed by atoms with Crippen LogP contribution in [0.15, 0.2) is 30.6 Å². The van der Waals surface area contributed by atoms with Gasteiger partial charge < -0.3 is 14.8 Å². The molecular formula is C15H17N3O2. The lowest BCUT2D eigenvalue weighted by molar-refractivity contribution is 0.0284. The third kappa shape index (κ3) is 3.59. The molecule has 5 heteroatoms. The Labute approximate surface area is 117 Å². The molecule has 0 aliphatic rings. The number of aromatic nitrogens is 2. The van der Waals surface area contributed by atoms with Gasteiger partial charge in [0.15, 0.2) is 0 Å². The zero-order chi connectivity index (χ0) is 14.6. The van der Waals surface area contributed by atoms with Crippen molar-refractivity contribution in [3.63, 3.8) is 0 Å². The molecule has 20 heavy (non-hydrogen) atoms. The van der Waals surface area contributed by atoms with Crippen LogP contribution in [0.3, 0.4) is 0 Å². The van der Waals surface area contributed by atoms with E-state index in [9.17, 15) is 5.11 Å². The minimum absolute atomic E-state index is 0.203. The molecule has 2 N–H and O–H groups in total. The summed E-state index contributed by atoms with van der Waals surface area (Å²) in [5.41, 5.74) is 0.944. The Morgan fingerprint density at radius 3 is 3.05 bits per heavy atom. The first kappa shape index (κ1) is 14.1. The predicted molar refractivity (Wildman–Crippen MR) is 76.3 cm³/mol. The van der Waals surface area contributed by atoms with Crippen LogP contribution in [-0.4, -0.2) is 27.3 Å². The maximum absolute atomic E-state index is 9.66. The molecule has 5 nitrogen and oxygen atoms in total. The van der Waals surface area contributed by atoms with Gasteiger partial charge in [-0.25, -0.2) is 4.98 Å². The Bertz CT molecular complexity index is 660. The molecule has 0 atom stereocenters. The minimum atomic E-state index is -0.883. The smallest absolute Gasteiger partial charge is 0.138 e. The van der Waals surface area contributed by atoms with E-state index in [-0.39, 0.29) is 6.61 Å². The van der Waals surface area contributed by atoms with Crippen molar-refractivity contribution < 1.29 is 9.84 Å². The summed E-state index contributed by atoms with van der Waals surface area (Å²) in [4.78, 5) is 7.36. The Morgan fingerprint density at radius 2 is 2.35 bits per heavy atom. The minimum Gasteiger partial charge on any atom is -0.489 e. The zero-order valence-corrected chi connectivity index (χ0v) is 11.6. The van der Waals surface area contributed by atoms with Crippen molar-refractivity contribution in [1.29, 1.82) is 5.26 Å². The lowest BCUT2D eigenvalue weighted by Crippen LogP contribution is -2.27. The van der Waals surface area contributed by atoms with Crippen LogP contribution in [0.2, 0.25) is 0 Å². The molecule has 0 saturated heterocycles. The van der Waals surface area contributed by atoms with E-state index in [1.165, 1.54) is 6.08 Å². The summed E-state index contributed by atoms with van der Waals surface area (Å²) < 4.78 is 5.53. The fourth-order valence-corrected chi connectivity index (χ4v) is 1.78. The molecule has 0 aromatic carbocycles. The molecule has 0 saturated carbocycles. The van der Waals surface area contributed by atoms with Gasteiger partial charge in [0.2, 0.25) is 0 Å². The van der Waals surface area contributed by atoms with Crippen molar-refractivity contribution in [1.82, 2.24) is 9.97 Å². The number of nitriles is 1. The highest BCUT2D eigenvalue weighted by Gasteiger charge is 2.14. The second kappa shape index (κ2) is 5.76. The van der Waals surface area contributed by atoms with Gasteiger partial charge in [0, 0.05) is 17.7 Å². The Morgan fingerprint density at radius 1 is 1.55 bits per heavy atom. The fourth-order valence-electron chi connectivity index (χ4n) is 1.78. The summed E-state index contributed by atoms with van der Waals surface area (Å²) in [6.07, 6.45) is 7.41. The van der Waals surface area contributed by atoms with Gasteiger partial charge in [-0.15, -0.1) is 0 Å². The molecule has 104 valence electrons. The lowest BCUT2D eigenvalue weighted by Gasteiger charge is -2.17. The monoisotopic (exact) mass is 271 g/mol. The molecule has 0 amide bonds. The van der Waals surface area contributed by atoms with Crippen molar-refractivity contribution in [3.8, 4) is 11.8 Å². The number of nitrogens with zero attached hydrogens (tertiary/aromatic N) is 2. The molecule has 0 radical (unpaired) electrons. The molecule has 0 fully saturated rings. The first-order valence-corrected chi connectivity index (χ1v) is 6.35. The fraction of sp³-hybridized carbons (Fsp3) is 0.333. The average Bonchev–Trinajstić information content (AvgIpc) is 2.79. The molecule has 0 aliphatic heterocycles. The van der Waals surface area contributed by atoms with E-state index < -0.39 is 5.60 Å². The number of pyridine rings is 1. The Hall–Kier alpha value is -2.32. The highest BCUT2D eigenvalue weighted by Crippen LogP contribution is 2.22. The predicted octanol–water partition coefficient (Wildman–Crippen LogP) is 2.33. The van der Waals surface area contributed by atoms with Crippen molar-refractivity contribution in [2.24, 2.45) is 0 Å². The first-order chi connectivity index (χ1) is 9.49. The number of fused-ring (bicyclic) bond motifs is 1. The molecular weight excluding hydrogens is 254 g/mol. The summed E-state index contributed by atoms with van der Waals surface area (Å²) in [5.74, 6) is 0.615. The molecule has 2 aromatic rings. The SMILES string of the molecule is CC(C)(O)COc1cnc2[nH]cc(C/C=C\C#N)c2c1. The molecule has 0 spiro atoms. The van der Waals surface area contributed by atoms with Crippen LogP contribution >= 0.6 is 0 Å². The van der Waals surface area contributed by atoms with Crippen molar-refractivity contribution in [3.05, 3.63) is 36.2 Å². The van der Waals surface area contributed by atoms with Gasteiger partial charge in [-0.3, -0.25) is 0 Å². The molecule has 0 bridgehead atoms. The van der Waals surface area contributed by atoms with Crippen LogP contribution in [-0.2, 0) is 6.42 Å². The number of ether oxygens (including phenoxy) is 1. The number of aromatic amines is 1. The van der Waals surface area contributed by atoms with Crippen LogP contribution < -0.4 is 4.74 Å². The lowest BCUT2D eigenvalue weighted by atomic mass is 10.1. The van der Waals surface area contributed by atoms with Crippen LogP contribution in [0.1, 0.15) is 19.4 Å². The van der Waals surface area contributed by atoms with E-state index in [4.69, 9.17) is 10.00 Å². The summed E-state index contributed by atoms with van der Waals surface area (Å²) in [6.45, 7) is 3.58. The maximum Gasteiger partial charge on any atom is 0.138 e. The van der Waals surface area contributed by atoms with E-state index in [0.717, 1.165) is 16.6 Å². The van der Waals surface area contributed by atoms with Crippen molar-refractivity contribution in [2.45, 2.75) is 25.9 Å². The van der Waals surface area contributed by atoms with Gasteiger partial charge in [-0.05, 0) is 31.9 Å². The Kier molecular flexibility index (Phi) is 4.06. The Balaban J connectivity index is 2.21. The van der Waals surface area contributed by atoms with Gasteiger partial charge >= 0.3 is 0 Å². The number of nitrogens with one attached hydrogen (secondary N) is 1. The summed E-state index contributed by atoms with van der Waals surface area (Å²) >= 11 is 0. The second-order valence-corrected chi connectivity index (χ2v) is 5.22. The molecule has 2 heterocycles. The van der Waals surface area contributed by atoms with Gasteiger partial charge in [-0.2, -0.15) is 5.26 Å². The van der Waals surface area contributed by atoms with E-state index >= 15 is 0 Å². The second-order valence-electron chi connectivity index (χ2n) is 5.22. The number of hydrogen-bond acceptors (Lipinski definition) is 4. The first-order valence-electron chi connectivity index (χ1n) is 6.35. The third-order valence-corrected chi connectivity index (χ3v) is 2.71. The van der Waals surface area contributed by atoms with E-state index in [2.05, 4.69) is 9.97 Å². The van der Waals surface area contributed by atoms with Gasteiger partial charge in [0.05, 0.1) is 17.9 Å². The molecule has 0 aliphatic carbocycles. The molecule has 2 rings (SSSR count). The zero-order valence-electron chi connectivity index (χ0n) is 11.6. The van der Waals surface area contributed by atoms with Crippen LogP contribution in [0.4, 0.5) is 0 Å². The number of allylic oxidation sites excluding steroid dienone is 2. The highest BCUT2D eigenvalue weighted by atomic mass is 16.5. The van der Waals surface area contributed by atoms with Gasteiger partial charge in [0.25, 0.3) is 0 Å². The third-order valence-electron chi connectivity index (χ3n) is 2.71.